The molecule has 0 bridgehead atoms. The van der Waals surface area contributed by atoms with Gasteiger partial charge in [0.1, 0.15) is 0 Å². The first-order chi connectivity index (χ1) is 11.7. The molecule has 0 aliphatic heterocycles. The van der Waals surface area contributed by atoms with E-state index in [2.05, 4.69) is 21.5 Å². The van der Waals surface area contributed by atoms with Crippen molar-refractivity contribution in [2.45, 2.75) is 18.8 Å². The van der Waals surface area contributed by atoms with E-state index >= 15 is 0 Å². The largest absolute Gasteiger partial charge is 0.351 e. The van der Waals surface area contributed by atoms with Gasteiger partial charge in [-0.15, -0.1) is 11.3 Å². The van der Waals surface area contributed by atoms with Crippen LogP contribution in [0.5, 0.6) is 0 Å². The maximum atomic E-state index is 12.2. The van der Waals surface area contributed by atoms with E-state index in [-0.39, 0.29) is 11.7 Å². The molecular weight excluding hydrogens is 324 g/mol. The maximum absolute atomic E-state index is 12.2. The number of nitriles is 1. The molecule has 3 aromatic rings. The summed E-state index contributed by atoms with van der Waals surface area (Å²) in [5, 5.41) is 17.8. The Morgan fingerprint density at radius 2 is 2.12 bits per heavy atom. The monoisotopic (exact) mass is 336 g/mol. The summed E-state index contributed by atoms with van der Waals surface area (Å²) in [5.41, 5.74) is 3.08. The van der Waals surface area contributed by atoms with E-state index in [1.165, 1.54) is 11.3 Å². The smallest absolute Gasteiger partial charge is 0.296 e. The third-order valence-electron chi connectivity index (χ3n) is 3.78. The standard InChI is InChI=1S/C17H12N4O2S/c18-8-10-1-3-12(4-2-10)14-9-24-17(19-14)20-16(22)15-7-13(21-23-15)11-5-6-11/h1-4,7,9,11H,5-6H2,(H,19,20,22). The topological polar surface area (TPSA) is 91.8 Å². The van der Waals surface area contributed by atoms with E-state index in [9.17, 15) is 4.79 Å². The number of aromatic nitrogens is 2. The molecule has 0 saturated heterocycles. The lowest BCUT2D eigenvalue weighted by Crippen LogP contribution is -2.10. The molecule has 2 heterocycles. The Hall–Kier alpha value is -2.98. The highest BCUT2D eigenvalue weighted by Crippen LogP contribution is 2.39. The number of carbonyl (C=O) groups is 1. The Morgan fingerprint density at radius 3 is 2.83 bits per heavy atom. The predicted molar refractivity (Wildman–Crippen MR) is 88.7 cm³/mol. The van der Waals surface area contributed by atoms with Gasteiger partial charge in [-0.1, -0.05) is 17.3 Å². The minimum atomic E-state index is -0.352. The Morgan fingerprint density at radius 1 is 1.33 bits per heavy atom. The Labute approximate surface area is 141 Å². The van der Waals surface area contributed by atoms with Gasteiger partial charge in [-0.3, -0.25) is 10.1 Å². The van der Waals surface area contributed by atoms with Crippen molar-refractivity contribution in [3.05, 3.63) is 52.7 Å². The zero-order valence-corrected chi connectivity index (χ0v) is 13.3. The number of amides is 1. The molecule has 1 aromatic carbocycles. The van der Waals surface area contributed by atoms with Crippen molar-refractivity contribution in [2.75, 3.05) is 5.32 Å². The molecule has 7 heteroatoms. The van der Waals surface area contributed by atoms with Crippen LogP contribution in [0.2, 0.25) is 0 Å². The van der Waals surface area contributed by atoms with Crippen LogP contribution in [0.25, 0.3) is 11.3 Å². The van der Waals surface area contributed by atoms with Crippen LogP contribution in [0.3, 0.4) is 0 Å². The zero-order chi connectivity index (χ0) is 16.5. The van der Waals surface area contributed by atoms with Gasteiger partial charge in [0, 0.05) is 22.9 Å². The molecule has 1 aliphatic rings. The molecule has 1 aliphatic carbocycles. The Bertz CT molecular complexity index is 932. The number of nitrogens with zero attached hydrogens (tertiary/aromatic N) is 3. The highest BCUT2D eigenvalue weighted by atomic mass is 32.1. The summed E-state index contributed by atoms with van der Waals surface area (Å²) in [5.74, 6) is 0.292. The fourth-order valence-electron chi connectivity index (χ4n) is 2.31. The molecular formula is C17H12N4O2S. The highest BCUT2D eigenvalue weighted by molar-refractivity contribution is 7.14. The summed E-state index contributed by atoms with van der Waals surface area (Å²) in [6, 6.07) is 10.9. The lowest BCUT2D eigenvalue weighted by Gasteiger charge is -1.98. The second-order valence-electron chi connectivity index (χ2n) is 5.57. The van der Waals surface area contributed by atoms with Crippen molar-refractivity contribution in [2.24, 2.45) is 0 Å². The third-order valence-corrected chi connectivity index (χ3v) is 4.54. The van der Waals surface area contributed by atoms with E-state index in [1.807, 2.05) is 17.5 Å². The molecule has 118 valence electrons. The molecule has 1 N–H and O–H groups in total. The number of hydrogen-bond acceptors (Lipinski definition) is 6. The number of benzene rings is 1. The van der Waals surface area contributed by atoms with Crippen molar-refractivity contribution in [1.29, 1.82) is 5.26 Å². The number of anilines is 1. The summed E-state index contributed by atoms with van der Waals surface area (Å²) in [4.78, 5) is 16.6. The van der Waals surface area contributed by atoms with Crippen LogP contribution in [0, 0.1) is 11.3 Å². The van der Waals surface area contributed by atoms with Gasteiger partial charge >= 0.3 is 0 Å². The van der Waals surface area contributed by atoms with Crippen LogP contribution in [-0.2, 0) is 0 Å². The van der Waals surface area contributed by atoms with Crippen molar-refractivity contribution in [3.8, 4) is 17.3 Å². The van der Waals surface area contributed by atoms with E-state index in [4.69, 9.17) is 9.78 Å². The van der Waals surface area contributed by atoms with Gasteiger partial charge in [0.25, 0.3) is 5.91 Å². The van der Waals surface area contributed by atoms with Crippen molar-refractivity contribution >= 4 is 22.4 Å². The molecule has 2 aromatic heterocycles. The maximum Gasteiger partial charge on any atom is 0.296 e. The van der Waals surface area contributed by atoms with Crippen molar-refractivity contribution in [3.63, 3.8) is 0 Å². The molecule has 0 spiro atoms. The fraction of sp³-hybridized carbons (Fsp3) is 0.176. The Kier molecular flexibility index (Phi) is 3.59. The number of thiazole rings is 1. The lowest BCUT2D eigenvalue weighted by atomic mass is 10.1. The average Bonchev–Trinajstić information content (AvgIpc) is 3.16. The minimum absolute atomic E-state index is 0.201. The minimum Gasteiger partial charge on any atom is -0.351 e. The van der Waals surface area contributed by atoms with E-state index in [0.29, 0.717) is 16.6 Å². The third kappa shape index (κ3) is 2.92. The average molecular weight is 336 g/mol. The number of rotatable bonds is 4. The highest BCUT2D eigenvalue weighted by Gasteiger charge is 2.28. The molecule has 0 radical (unpaired) electrons. The van der Waals surface area contributed by atoms with Crippen LogP contribution in [-0.4, -0.2) is 16.0 Å². The normalized spacial score (nSPS) is 13.5. The van der Waals surface area contributed by atoms with Crippen LogP contribution in [0.1, 0.15) is 40.6 Å². The van der Waals surface area contributed by atoms with Crippen LogP contribution < -0.4 is 5.32 Å². The SMILES string of the molecule is N#Cc1ccc(-c2csc(NC(=O)c3cc(C4CC4)no3)n2)cc1. The molecule has 1 amide bonds. The molecule has 1 saturated carbocycles. The van der Waals surface area contributed by atoms with Gasteiger partial charge in [0.15, 0.2) is 5.13 Å². The number of hydrogen-bond donors (Lipinski definition) is 1. The van der Waals surface area contributed by atoms with Gasteiger partial charge in [0.05, 0.1) is 23.0 Å². The van der Waals surface area contributed by atoms with Gasteiger partial charge in [0.2, 0.25) is 5.76 Å². The lowest BCUT2D eigenvalue weighted by molar-refractivity contribution is 0.0988. The number of carbonyl (C=O) groups excluding carboxylic acids is 1. The first kappa shape index (κ1) is 14.6. The summed E-state index contributed by atoms with van der Waals surface area (Å²) in [6.07, 6.45) is 2.21. The molecule has 0 atom stereocenters. The summed E-state index contributed by atoms with van der Waals surface area (Å²) in [6.45, 7) is 0. The molecule has 24 heavy (non-hydrogen) atoms. The van der Waals surface area contributed by atoms with Gasteiger partial charge in [-0.25, -0.2) is 4.98 Å². The first-order valence-electron chi connectivity index (χ1n) is 7.47. The molecule has 4 rings (SSSR count). The van der Waals surface area contributed by atoms with Gasteiger partial charge in [-0.2, -0.15) is 5.26 Å². The second-order valence-corrected chi connectivity index (χ2v) is 6.43. The van der Waals surface area contributed by atoms with Crippen LogP contribution in [0.15, 0.2) is 40.2 Å². The fourth-order valence-corrected chi connectivity index (χ4v) is 3.02. The summed E-state index contributed by atoms with van der Waals surface area (Å²) in [7, 11) is 0. The van der Waals surface area contributed by atoms with E-state index < -0.39 is 0 Å². The van der Waals surface area contributed by atoms with Crippen LogP contribution >= 0.6 is 11.3 Å². The van der Waals surface area contributed by atoms with Gasteiger partial charge in [-0.05, 0) is 25.0 Å². The van der Waals surface area contributed by atoms with Crippen molar-refractivity contribution < 1.29 is 9.32 Å². The Balaban J connectivity index is 1.47. The van der Waals surface area contributed by atoms with E-state index in [1.54, 1.807) is 18.2 Å². The quantitative estimate of drug-likeness (QED) is 0.782. The van der Waals surface area contributed by atoms with E-state index in [0.717, 1.165) is 29.8 Å². The van der Waals surface area contributed by atoms with Gasteiger partial charge < -0.3 is 4.52 Å². The first-order valence-corrected chi connectivity index (χ1v) is 8.35. The zero-order valence-electron chi connectivity index (χ0n) is 12.5. The van der Waals surface area contributed by atoms with Crippen molar-refractivity contribution in [1.82, 2.24) is 10.1 Å². The molecule has 1 fully saturated rings. The second kappa shape index (κ2) is 5.91. The molecule has 0 unspecified atom stereocenters. The molecule has 6 nitrogen and oxygen atoms in total. The van der Waals surface area contributed by atoms with Crippen LogP contribution in [0.4, 0.5) is 5.13 Å². The number of nitrogens with one attached hydrogen (secondary N) is 1. The summed E-state index contributed by atoms with van der Waals surface area (Å²) < 4.78 is 5.10. The predicted octanol–water partition coefficient (Wildman–Crippen LogP) is 3.80. The summed E-state index contributed by atoms with van der Waals surface area (Å²) >= 11 is 1.33.